The monoisotopic (exact) mass is 289 g/mol. The van der Waals surface area contributed by atoms with Crippen molar-refractivity contribution in [3.8, 4) is 0 Å². The van der Waals surface area contributed by atoms with Gasteiger partial charge in [0.15, 0.2) is 5.54 Å². The van der Waals surface area contributed by atoms with Gasteiger partial charge < -0.3 is 10.4 Å². The second kappa shape index (κ2) is 5.31. The average Bonchev–Trinajstić information content (AvgIpc) is 2.88. The lowest BCUT2D eigenvalue weighted by Gasteiger charge is -2.19. The van der Waals surface area contributed by atoms with Crippen LogP contribution >= 0.6 is 0 Å². The van der Waals surface area contributed by atoms with Gasteiger partial charge in [-0.25, -0.2) is 14.8 Å². The van der Waals surface area contributed by atoms with Gasteiger partial charge in [-0.05, 0) is 20.8 Å². The summed E-state index contributed by atoms with van der Waals surface area (Å²) >= 11 is 0. The zero-order valence-corrected chi connectivity index (χ0v) is 11.9. The van der Waals surface area contributed by atoms with E-state index in [9.17, 15) is 9.59 Å². The van der Waals surface area contributed by atoms with Crippen LogP contribution in [0.1, 0.15) is 29.9 Å². The molecule has 8 heteroatoms. The molecule has 0 atom stereocenters. The third-order valence-electron chi connectivity index (χ3n) is 3.09. The third kappa shape index (κ3) is 2.88. The van der Waals surface area contributed by atoms with Crippen molar-refractivity contribution in [2.75, 3.05) is 5.32 Å². The Morgan fingerprint density at radius 2 is 2.05 bits per heavy atom. The van der Waals surface area contributed by atoms with Crippen LogP contribution in [-0.2, 0) is 10.3 Å². The number of carboxylic acid groups (broad SMARTS) is 1. The Bertz CT molecular complexity index is 693. The van der Waals surface area contributed by atoms with E-state index in [1.807, 2.05) is 0 Å². The summed E-state index contributed by atoms with van der Waals surface area (Å²) in [5.41, 5.74) is 0.107. The maximum atomic E-state index is 12.1. The van der Waals surface area contributed by atoms with Crippen LogP contribution in [0.25, 0.3) is 0 Å². The largest absolute Gasteiger partial charge is 0.479 e. The Labute approximate surface area is 120 Å². The Morgan fingerprint density at radius 1 is 1.33 bits per heavy atom. The van der Waals surface area contributed by atoms with Gasteiger partial charge >= 0.3 is 5.97 Å². The fraction of sp³-hybridized carbons (Fsp3) is 0.308. The molecule has 0 aliphatic rings. The van der Waals surface area contributed by atoms with E-state index < -0.39 is 11.5 Å². The molecule has 8 nitrogen and oxygen atoms in total. The Hall–Kier alpha value is -2.77. The molecule has 2 aromatic heterocycles. The summed E-state index contributed by atoms with van der Waals surface area (Å²) in [6.45, 7) is 4.74. The predicted molar refractivity (Wildman–Crippen MR) is 73.9 cm³/mol. The van der Waals surface area contributed by atoms with Gasteiger partial charge in [0.05, 0.1) is 23.1 Å². The number of nitrogens with zero attached hydrogens (tertiary/aromatic N) is 4. The van der Waals surface area contributed by atoms with Gasteiger partial charge in [-0.15, -0.1) is 0 Å². The first-order valence-corrected chi connectivity index (χ1v) is 6.19. The molecule has 0 saturated carbocycles. The van der Waals surface area contributed by atoms with Crippen molar-refractivity contribution in [1.29, 1.82) is 0 Å². The van der Waals surface area contributed by atoms with Crippen molar-refractivity contribution in [1.82, 2.24) is 19.7 Å². The van der Waals surface area contributed by atoms with E-state index in [0.717, 1.165) is 0 Å². The number of carboxylic acids is 1. The van der Waals surface area contributed by atoms with E-state index in [2.05, 4.69) is 20.4 Å². The Morgan fingerprint density at radius 3 is 2.67 bits per heavy atom. The predicted octanol–water partition coefficient (Wildman–Crippen LogP) is 1.05. The van der Waals surface area contributed by atoms with Crippen molar-refractivity contribution in [3.63, 3.8) is 0 Å². The number of aromatic nitrogens is 4. The van der Waals surface area contributed by atoms with E-state index in [1.54, 1.807) is 6.92 Å². The molecule has 110 valence electrons. The molecule has 2 rings (SSSR count). The standard InChI is InChI=1S/C13H15N5O3/c1-8-10(5-14-7-15-8)11(19)17-9-4-16-18(6-9)13(2,3)12(20)21/h4-7H,1-3H3,(H,17,19)(H,20,21). The molecule has 1 amide bonds. The van der Waals surface area contributed by atoms with Crippen molar-refractivity contribution in [2.24, 2.45) is 0 Å². The number of amides is 1. The van der Waals surface area contributed by atoms with E-state index in [1.165, 1.54) is 43.4 Å². The number of hydrogen-bond acceptors (Lipinski definition) is 5. The molecule has 0 aromatic carbocycles. The highest BCUT2D eigenvalue weighted by molar-refractivity contribution is 6.04. The summed E-state index contributed by atoms with van der Waals surface area (Å²) in [5.74, 6) is -1.39. The van der Waals surface area contributed by atoms with Gasteiger partial charge in [-0.2, -0.15) is 5.10 Å². The van der Waals surface area contributed by atoms with Crippen LogP contribution < -0.4 is 5.32 Å². The summed E-state index contributed by atoms with van der Waals surface area (Å²) < 4.78 is 1.28. The number of carbonyl (C=O) groups is 2. The number of anilines is 1. The molecular weight excluding hydrogens is 274 g/mol. The van der Waals surface area contributed by atoms with E-state index >= 15 is 0 Å². The van der Waals surface area contributed by atoms with Crippen LogP contribution in [0.2, 0.25) is 0 Å². The SMILES string of the molecule is Cc1ncncc1C(=O)Nc1cnn(C(C)(C)C(=O)O)c1. The molecule has 0 fully saturated rings. The molecular formula is C13H15N5O3. The molecule has 21 heavy (non-hydrogen) atoms. The van der Waals surface area contributed by atoms with Crippen molar-refractivity contribution >= 4 is 17.6 Å². The summed E-state index contributed by atoms with van der Waals surface area (Å²) in [4.78, 5) is 31.0. The highest BCUT2D eigenvalue weighted by atomic mass is 16.4. The average molecular weight is 289 g/mol. The van der Waals surface area contributed by atoms with Crippen LogP contribution in [0, 0.1) is 6.92 Å². The topological polar surface area (TPSA) is 110 Å². The highest BCUT2D eigenvalue weighted by Crippen LogP contribution is 2.18. The zero-order chi connectivity index (χ0) is 15.6. The smallest absolute Gasteiger partial charge is 0.331 e. The summed E-state index contributed by atoms with van der Waals surface area (Å²) in [5, 5.41) is 15.7. The Kier molecular flexibility index (Phi) is 3.70. The summed E-state index contributed by atoms with van der Waals surface area (Å²) in [7, 11) is 0. The molecule has 0 bridgehead atoms. The number of carbonyl (C=O) groups excluding carboxylic acids is 1. The van der Waals surface area contributed by atoms with Gasteiger partial charge in [0.2, 0.25) is 0 Å². The third-order valence-corrected chi connectivity index (χ3v) is 3.09. The van der Waals surface area contributed by atoms with Crippen molar-refractivity contribution < 1.29 is 14.7 Å². The molecule has 2 heterocycles. The lowest BCUT2D eigenvalue weighted by atomic mass is 10.1. The van der Waals surface area contributed by atoms with Gasteiger partial charge in [0, 0.05) is 12.4 Å². The number of aryl methyl sites for hydroxylation is 1. The first-order valence-electron chi connectivity index (χ1n) is 6.19. The molecule has 0 aliphatic carbocycles. The quantitative estimate of drug-likeness (QED) is 0.870. The van der Waals surface area contributed by atoms with Crippen LogP contribution in [0.15, 0.2) is 24.9 Å². The van der Waals surface area contributed by atoms with Crippen LogP contribution in [0.5, 0.6) is 0 Å². The van der Waals surface area contributed by atoms with Gasteiger partial charge in [-0.3, -0.25) is 9.48 Å². The molecule has 0 radical (unpaired) electrons. The van der Waals surface area contributed by atoms with Crippen molar-refractivity contribution in [3.05, 3.63) is 36.2 Å². The highest BCUT2D eigenvalue weighted by Gasteiger charge is 2.30. The molecule has 0 unspecified atom stereocenters. The van der Waals surface area contributed by atoms with Gasteiger partial charge in [-0.1, -0.05) is 0 Å². The molecule has 2 N–H and O–H groups in total. The molecule has 2 aromatic rings. The summed E-state index contributed by atoms with van der Waals surface area (Å²) in [6, 6.07) is 0. The maximum absolute atomic E-state index is 12.1. The minimum absolute atomic E-state index is 0.350. The second-order valence-electron chi connectivity index (χ2n) is 5.01. The van der Waals surface area contributed by atoms with E-state index in [4.69, 9.17) is 5.11 Å². The molecule has 0 aliphatic heterocycles. The molecule has 0 saturated heterocycles. The van der Waals surface area contributed by atoms with Crippen LogP contribution in [0.3, 0.4) is 0 Å². The number of rotatable bonds is 4. The van der Waals surface area contributed by atoms with Crippen molar-refractivity contribution in [2.45, 2.75) is 26.3 Å². The fourth-order valence-corrected chi connectivity index (χ4v) is 1.60. The normalized spacial score (nSPS) is 11.2. The van der Waals surface area contributed by atoms with Gasteiger partial charge in [0.25, 0.3) is 5.91 Å². The lowest BCUT2D eigenvalue weighted by molar-refractivity contribution is -0.146. The fourth-order valence-electron chi connectivity index (χ4n) is 1.60. The lowest BCUT2D eigenvalue weighted by Crippen LogP contribution is -2.35. The molecule has 0 spiro atoms. The summed E-state index contributed by atoms with van der Waals surface area (Å²) in [6.07, 6.45) is 5.63. The van der Waals surface area contributed by atoms with E-state index in [0.29, 0.717) is 16.9 Å². The maximum Gasteiger partial charge on any atom is 0.331 e. The van der Waals surface area contributed by atoms with Crippen LogP contribution in [-0.4, -0.2) is 36.7 Å². The van der Waals surface area contributed by atoms with E-state index in [-0.39, 0.29) is 5.91 Å². The number of nitrogens with one attached hydrogen (secondary N) is 1. The van der Waals surface area contributed by atoms with Gasteiger partial charge in [0.1, 0.15) is 6.33 Å². The minimum Gasteiger partial charge on any atom is -0.479 e. The first-order chi connectivity index (χ1) is 9.82. The van der Waals surface area contributed by atoms with Crippen LogP contribution in [0.4, 0.5) is 5.69 Å². The second-order valence-corrected chi connectivity index (χ2v) is 5.01. The Balaban J connectivity index is 2.19. The number of hydrogen-bond donors (Lipinski definition) is 2. The zero-order valence-electron chi connectivity index (χ0n) is 11.9. The number of aliphatic carboxylic acids is 1. The minimum atomic E-state index is -1.20. The first kappa shape index (κ1) is 14.6.